The van der Waals surface area contributed by atoms with Crippen LogP contribution in [0.2, 0.25) is 0 Å². The van der Waals surface area contributed by atoms with Gasteiger partial charge < -0.3 is 25.0 Å². The van der Waals surface area contributed by atoms with E-state index in [1.807, 2.05) is 48.5 Å². The quantitative estimate of drug-likeness (QED) is 0.367. The first kappa shape index (κ1) is 25.8. The lowest BCUT2D eigenvalue weighted by Gasteiger charge is -2.36. The molecule has 188 valence electrons. The standard InChI is InChI=1S/C27H28N2O6S/c1-17(31)29-14-18-4-10-21(11-5-18)27-34-22(16-36-25-23(26(32)33)3-2-12-28-25)13-24(35-27)20-8-6-19(15-30)7-9-20/h2-12,22,24,27,30H,13-16H2,1H3,(H,29,31)(H,32,33). The van der Waals surface area contributed by atoms with E-state index in [0.717, 1.165) is 22.3 Å². The van der Waals surface area contributed by atoms with Gasteiger partial charge in [-0.2, -0.15) is 0 Å². The molecule has 9 heteroatoms. The predicted octanol–water partition coefficient (Wildman–Crippen LogP) is 4.25. The van der Waals surface area contributed by atoms with E-state index in [-0.39, 0.29) is 30.3 Å². The second-order valence-corrected chi connectivity index (χ2v) is 9.48. The Kier molecular flexibility index (Phi) is 8.71. The van der Waals surface area contributed by atoms with Gasteiger partial charge in [0.15, 0.2) is 6.29 Å². The first-order valence-corrected chi connectivity index (χ1v) is 12.6. The van der Waals surface area contributed by atoms with Crippen molar-refractivity contribution in [3.8, 4) is 0 Å². The highest BCUT2D eigenvalue weighted by atomic mass is 32.2. The molecule has 0 spiro atoms. The zero-order valence-electron chi connectivity index (χ0n) is 19.8. The minimum atomic E-state index is -1.02. The summed E-state index contributed by atoms with van der Waals surface area (Å²) in [6.45, 7) is 1.89. The second-order valence-electron chi connectivity index (χ2n) is 8.47. The summed E-state index contributed by atoms with van der Waals surface area (Å²) < 4.78 is 12.6. The summed E-state index contributed by atoms with van der Waals surface area (Å²) in [6.07, 6.45) is 1.07. The van der Waals surface area contributed by atoms with Gasteiger partial charge >= 0.3 is 5.97 Å². The molecule has 0 radical (unpaired) electrons. The van der Waals surface area contributed by atoms with Crippen molar-refractivity contribution in [2.75, 3.05) is 5.75 Å². The molecular weight excluding hydrogens is 480 g/mol. The minimum Gasteiger partial charge on any atom is -0.478 e. The fourth-order valence-electron chi connectivity index (χ4n) is 3.88. The molecule has 1 aliphatic heterocycles. The van der Waals surface area contributed by atoms with Crippen LogP contribution >= 0.6 is 11.8 Å². The lowest BCUT2D eigenvalue weighted by molar-refractivity contribution is -0.245. The molecule has 1 saturated heterocycles. The third-order valence-electron chi connectivity index (χ3n) is 5.82. The smallest absolute Gasteiger partial charge is 0.338 e. The SMILES string of the molecule is CC(=O)NCc1ccc(C2OC(CSc3ncccc3C(=O)O)CC(c3ccc(CO)cc3)O2)cc1. The highest BCUT2D eigenvalue weighted by Gasteiger charge is 2.32. The Morgan fingerprint density at radius 2 is 1.72 bits per heavy atom. The third kappa shape index (κ3) is 6.70. The summed E-state index contributed by atoms with van der Waals surface area (Å²) in [5.74, 6) is -0.604. The fourth-order valence-corrected chi connectivity index (χ4v) is 4.89. The van der Waals surface area contributed by atoms with Gasteiger partial charge in [-0.15, -0.1) is 11.8 Å². The van der Waals surface area contributed by atoms with Crippen LogP contribution in [0.5, 0.6) is 0 Å². The summed E-state index contributed by atoms with van der Waals surface area (Å²) in [6, 6.07) is 18.5. The molecule has 4 rings (SSSR count). The largest absolute Gasteiger partial charge is 0.478 e. The zero-order valence-corrected chi connectivity index (χ0v) is 20.6. The Bertz CT molecular complexity index is 1190. The molecular formula is C27H28N2O6S. The number of carboxylic acid groups (broad SMARTS) is 1. The first-order chi connectivity index (χ1) is 17.4. The number of aliphatic hydroxyl groups is 1. The number of nitrogens with zero attached hydrogens (tertiary/aromatic N) is 1. The molecule has 2 heterocycles. The van der Waals surface area contributed by atoms with Crippen molar-refractivity contribution in [1.29, 1.82) is 0 Å². The van der Waals surface area contributed by atoms with Gasteiger partial charge in [0.2, 0.25) is 5.91 Å². The zero-order chi connectivity index (χ0) is 25.5. The van der Waals surface area contributed by atoms with Gasteiger partial charge in [-0.1, -0.05) is 48.5 Å². The van der Waals surface area contributed by atoms with Gasteiger partial charge in [-0.3, -0.25) is 4.79 Å². The third-order valence-corrected chi connectivity index (χ3v) is 6.95. The van der Waals surface area contributed by atoms with Gasteiger partial charge in [0.05, 0.1) is 24.4 Å². The van der Waals surface area contributed by atoms with Crippen LogP contribution in [0, 0.1) is 0 Å². The molecule has 0 bridgehead atoms. The van der Waals surface area contributed by atoms with Crippen molar-refractivity contribution in [1.82, 2.24) is 10.3 Å². The van der Waals surface area contributed by atoms with Gasteiger partial charge in [-0.05, 0) is 28.8 Å². The van der Waals surface area contributed by atoms with Crippen molar-refractivity contribution < 1.29 is 29.3 Å². The number of aromatic nitrogens is 1. The molecule has 0 aliphatic carbocycles. The Balaban J connectivity index is 1.52. The van der Waals surface area contributed by atoms with E-state index in [9.17, 15) is 19.8 Å². The van der Waals surface area contributed by atoms with E-state index in [2.05, 4.69) is 10.3 Å². The topological polar surface area (TPSA) is 118 Å². The van der Waals surface area contributed by atoms with Crippen molar-refractivity contribution >= 4 is 23.6 Å². The van der Waals surface area contributed by atoms with Gasteiger partial charge in [-0.25, -0.2) is 9.78 Å². The predicted molar refractivity (Wildman–Crippen MR) is 134 cm³/mol. The van der Waals surface area contributed by atoms with E-state index in [1.165, 1.54) is 18.7 Å². The second kappa shape index (κ2) is 12.1. The van der Waals surface area contributed by atoms with Crippen LogP contribution in [-0.2, 0) is 27.4 Å². The highest BCUT2D eigenvalue weighted by molar-refractivity contribution is 7.99. The Labute approximate surface area is 213 Å². The average Bonchev–Trinajstić information content (AvgIpc) is 2.91. The number of nitrogens with one attached hydrogen (secondary N) is 1. The van der Waals surface area contributed by atoms with Crippen LogP contribution in [0.4, 0.5) is 0 Å². The maximum absolute atomic E-state index is 11.6. The molecule has 3 atom stereocenters. The van der Waals surface area contributed by atoms with Crippen LogP contribution in [0.3, 0.4) is 0 Å². The van der Waals surface area contributed by atoms with Crippen molar-refractivity contribution in [3.63, 3.8) is 0 Å². The number of rotatable bonds is 9. The normalized spacial score (nSPS) is 19.6. The average molecular weight is 509 g/mol. The molecule has 1 amide bonds. The number of carboxylic acids is 1. The molecule has 3 N–H and O–H groups in total. The number of aromatic carboxylic acids is 1. The van der Waals surface area contributed by atoms with Gasteiger partial charge in [0.25, 0.3) is 0 Å². The molecule has 8 nitrogen and oxygen atoms in total. The highest BCUT2D eigenvalue weighted by Crippen LogP contribution is 2.39. The van der Waals surface area contributed by atoms with Crippen LogP contribution in [0.1, 0.15) is 58.4 Å². The number of aliphatic hydroxyl groups excluding tert-OH is 1. The Hall–Kier alpha value is -3.24. The Morgan fingerprint density at radius 3 is 2.39 bits per heavy atom. The van der Waals surface area contributed by atoms with Crippen LogP contribution < -0.4 is 5.32 Å². The molecule has 1 aliphatic rings. The first-order valence-electron chi connectivity index (χ1n) is 11.6. The fraction of sp³-hybridized carbons (Fsp3) is 0.296. The number of thioether (sulfide) groups is 1. The number of amides is 1. The van der Waals surface area contributed by atoms with E-state index in [0.29, 0.717) is 23.7 Å². The molecule has 3 aromatic rings. The lowest BCUT2D eigenvalue weighted by Crippen LogP contribution is -2.31. The number of hydrogen-bond acceptors (Lipinski definition) is 7. The molecule has 1 aromatic heterocycles. The van der Waals surface area contributed by atoms with Crippen LogP contribution in [0.15, 0.2) is 71.9 Å². The monoisotopic (exact) mass is 508 g/mol. The molecule has 2 aromatic carbocycles. The minimum absolute atomic E-state index is 0.0301. The summed E-state index contributed by atoms with van der Waals surface area (Å²) in [5, 5.41) is 22.1. The lowest BCUT2D eigenvalue weighted by atomic mass is 10.0. The van der Waals surface area contributed by atoms with E-state index < -0.39 is 12.3 Å². The Morgan fingerprint density at radius 1 is 1.03 bits per heavy atom. The maximum Gasteiger partial charge on any atom is 0.338 e. The summed E-state index contributed by atoms with van der Waals surface area (Å²) in [4.78, 5) is 27.0. The van der Waals surface area contributed by atoms with Gasteiger partial charge in [0.1, 0.15) is 5.03 Å². The van der Waals surface area contributed by atoms with E-state index >= 15 is 0 Å². The van der Waals surface area contributed by atoms with Crippen molar-refractivity contribution in [2.24, 2.45) is 0 Å². The van der Waals surface area contributed by atoms with E-state index in [4.69, 9.17) is 9.47 Å². The van der Waals surface area contributed by atoms with Gasteiger partial charge in [0, 0.05) is 37.4 Å². The van der Waals surface area contributed by atoms with Crippen molar-refractivity contribution in [2.45, 2.75) is 50.0 Å². The molecule has 0 saturated carbocycles. The van der Waals surface area contributed by atoms with E-state index in [1.54, 1.807) is 18.3 Å². The molecule has 36 heavy (non-hydrogen) atoms. The van der Waals surface area contributed by atoms with Crippen LogP contribution in [0.25, 0.3) is 0 Å². The number of carbonyl (C=O) groups is 2. The molecule has 3 unspecified atom stereocenters. The molecule has 1 fully saturated rings. The summed E-state index contributed by atoms with van der Waals surface area (Å²) >= 11 is 1.35. The summed E-state index contributed by atoms with van der Waals surface area (Å²) in [7, 11) is 0. The number of ether oxygens (including phenoxy) is 2. The van der Waals surface area contributed by atoms with Crippen LogP contribution in [-0.4, -0.2) is 38.9 Å². The van der Waals surface area contributed by atoms with Crippen molar-refractivity contribution in [3.05, 3.63) is 94.7 Å². The number of pyridine rings is 1. The number of hydrogen-bond donors (Lipinski definition) is 3. The maximum atomic E-state index is 11.6. The summed E-state index contributed by atoms with van der Waals surface area (Å²) in [5.41, 5.74) is 3.76. The number of benzene rings is 2. The number of carbonyl (C=O) groups excluding carboxylic acids is 1.